The van der Waals surface area contributed by atoms with Crippen LogP contribution in [0.25, 0.3) is 11.4 Å². The van der Waals surface area contributed by atoms with Gasteiger partial charge in [0.1, 0.15) is 5.82 Å². The quantitative estimate of drug-likeness (QED) is 0.606. The van der Waals surface area contributed by atoms with E-state index in [1.807, 2.05) is 34.7 Å². The molecule has 154 valence electrons. The van der Waals surface area contributed by atoms with Gasteiger partial charge >= 0.3 is 0 Å². The molecule has 1 aliphatic carbocycles. The molecule has 0 atom stereocenters. The molecule has 5 rings (SSSR count). The fraction of sp³-hybridized carbons (Fsp3) is 0.375. The lowest BCUT2D eigenvalue weighted by Crippen LogP contribution is -2.35. The van der Waals surface area contributed by atoms with Crippen LogP contribution in [0.1, 0.15) is 53.8 Å². The maximum Gasteiger partial charge on any atom is 0.253 e. The molecule has 30 heavy (non-hydrogen) atoms. The van der Waals surface area contributed by atoms with Crippen LogP contribution < -0.4 is 0 Å². The Bertz CT molecular complexity index is 1080. The minimum Gasteiger partial charge on any atom is -0.339 e. The van der Waals surface area contributed by atoms with Gasteiger partial charge in [-0.1, -0.05) is 41.9 Å². The van der Waals surface area contributed by atoms with Gasteiger partial charge in [0, 0.05) is 31.3 Å². The summed E-state index contributed by atoms with van der Waals surface area (Å²) in [6, 6.07) is 16.0. The van der Waals surface area contributed by atoms with Gasteiger partial charge in [-0.15, -0.1) is 10.2 Å². The Hall–Kier alpha value is -2.66. The van der Waals surface area contributed by atoms with Crippen LogP contribution >= 0.6 is 11.6 Å². The first-order valence-corrected chi connectivity index (χ1v) is 11.0. The molecule has 0 N–H and O–H groups in total. The summed E-state index contributed by atoms with van der Waals surface area (Å²) >= 11 is 6.62. The fourth-order valence-corrected chi connectivity index (χ4v) is 4.88. The highest BCUT2D eigenvalue weighted by atomic mass is 35.5. The van der Waals surface area contributed by atoms with Crippen LogP contribution in [0.5, 0.6) is 0 Å². The molecule has 0 bridgehead atoms. The van der Waals surface area contributed by atoms with Crippen molar-refractivity contribution in [2.24, 2.45) is 7.05 Å². The van der Waals surface area contributed by atoms with E-state index in [1.54, 1.807) is 6.07 Å². The third kappa shape index (κ3) is 3.21. The highest BCUT2D eigenvalue weighted by Crippen LogP contribution is 2.53. The van der Waals surface area contributed by atoms with Crippen molar-refractivity contribution < 1.29 is 4.79 Å². The zero-order valence-corrected chi connectivity index (χ0v) is 17.9. The number of hydrogen-bond donors (Lipinski definition) is 0. The van der Waals surface area contributed by atoms with Gasteiger partial charge in [0.2, 0.25) is 0 Å². The third-order valence-corrected chi connectivity index (χ3v) is 6.79. The van der Waals surface area contributed by atoms with Gasteiger partial charge in [-0.3, -0.25) is 4.79 Å². The minimum absolute atomic E-state index is 0.0576. The Labute approximate surface area is 181 Å². The third-order valence-electron chi connectivity index (χ3n) is 6.48. The van der Waals surface area contributed by atoms with Gasteiger partial charge in [0.25, 0.3) is 5.91 Å². The summed E-state index contributed by atoms with van der Waals surface area (Å²) < 4.78 is 2.05. The Balaban J connectivity index is 1.45. The number of carbonyl (C=O) groups excluding carboxylic acids is 1. The molecule has 2 heterocycles. The van der Waals surface area contributed by atoms with Crippen molar-refractivity contribution in [2.45, 2.75) is 37.5 Å². The van der Waals surface area contributed by atoms with E-state index >= 15 is 0 Å². The van der Waals surface area contributed by atoms with Crippen LogP contribution in [0, 0.1) is 0 Å². The predicted octanol–water partition coefficient (Wildman–Crippen LogP) is 4.84. The van der Waals surface area contributed by atoms with E-state index in [0.29, 0.717) is 10.6 Å². The van der Waals surface area contributed by atoms with Gasteiger partial charge < -0.3 is 9.47 Å². The first-order valence-electron chi connectivity index (χ1n) is 10.6. The van der Waals surface area contributed by atoms with E-state index < -0.39 is 0 Å². The minimum atomic E-state index is -0.0576. The lowest BCUT2D eigenvalue weighted by atomic mass is 9.95. The molecule has 1 amide bonds. The van der Waals surface area contributed by atoms with Crippen LogP contribution in [0.15, 0.2) is 48.5 Å². The highest BCUT2D eigenvalue weighted by Gasteiger charge is 2.49. The molecule has 1 aliphatic heterocycles. The number of amides is 1. The van der Waals surface area contributed by atoms with Gasteiger partial charge in [-0.25, -0.2) is 0 Å². The molecule has 3 aromatic rings. The molecule has 6 heteroatoms. The molecule has 0 spiro atoms. The molecular formula is C24H25ClN4O. The number of halogens is 1. The van der Waals surface area contributed by atoms with Crippen molar-refractivity contribution >= 4 is 17.5 Å². The number of piperidine rings is 1. The van der Waals surface area contributed by atoms with Gasteiger partial charge in [0.05, 0.1) is 10.4 Å². The average Bonchev–Trinajstić information content (AvgIpc) is 3.51. The Kier molecular flexibility index (Phi) is 4.86. The zero-order valence-electron chi connectivity index (χ0n) is 17.1. The molecule has 1 aromatic heterocycles. The van der Waals surface area contributed by atoms with Crippen molar-refractivity contribution in [3.05, 3.63) is 70.5 Å². The first-order chi connectivity index (χ1) is 14.6. The Morgan fingerprint density at radius 1 is 1.00 bits per heavy atom. The summed E-state index contributed by atoms with van der Waals surface area (Å²) in [6.45, 7) is 1.65. The highest BCUT2D eigenvalue weighted by molar-refractivity contribution is 6.33. The lowest BCUT2D eigenvalue weighted by molar-refractivity contribution is 0.0724. The van der Waals surface area contributed by atoms with E-state index in [0.717, 1.165) is 56.0 Å². The van der Waals surface area contributed by atoms with E-state index in [9.17, 15) is 4.79 Å². The standard InChI is InChI=1S/C24H25ClN4O/c1-28-21(26-27-23(28)24(12-13-24)18-8-4-2-5-9-18)19-11-10-17(16-20(19)25)22(30)29-14-6-3-7-15-29/h2,4-5,8-11,16H,3,6-7,12-15H2,1H3. The number of rotatable bonds is 4. The normalized spacial score (nSPS) is 17.7. The Morgan fingerprint density at radius 3 is 2.40 bits per heavy atom. The number of benzene rings is 2. The van der Waals surface area contributed by atoms with Gasteiger partial charge in [-0.05, 0) is 55.9 Å². The number of aromatic nitrogens is 3. The van der Waals surface area contributed by atoms with Crippen molar-refractivity contribution in [3.63, 3.8) is 0 Å². The maximum atomic E-state index is 12.8. The smallest absolute Gasteiger partial charge is 0.253 e. The molecule has 2 aromatic carbocycles. The second-order valence-electron chi connectivity index (χ2n) is 8.40. The zero-order chi connectivity index (χ0) is 20.7. The topological polar surface area (TPSA) is 51.0 Å². The van der Waals surface area contributed by atoms with E-state index in [1.165, 1.54) is 12.0 Å². The summed E-state index contributed by atoms with van der Waals surface area (Å²) in [5.41, 5.74) is 2.66. The molecule has 0 unspecified atom stereocenters. The van der Waals surface area contributed by atoms with Crippen LogP contribution in [0.4, 0.5) is 0 Å². The monoisotopic (exact) mass is 420 g/mol. The molecular weight excluding hydrogens is 396 g/mol. The van der Waals surface area contributed by atoms with Gasteiger partial charge in [-0.2, -0.15) is 0 Å². The second-order valence-corrected chi connectivity index (χ2v) is 8.81. The van der Waals surface area contributed by atoms with Crippen LogP contribution in [-0.4, -0.2) is 38.7 Å². The van der Waals surface area contributed by atoms with Crippen molar-refractivity contribution in [3.8, 4) is 11.4 Å². The first kappa shape index (κ1) is 19.3. The van der Waals surface area contributed by atoms with Gasteiger partial charge in [0.15, 0.2) is 5.82 Å². The molecule has 0 radical (unpaired) electrons. The summed E-state index contributed by atoms with van der Waals surface area (Å²) in [4.78, 5) is 14.7. The number of hydrogen-bond acceptors (Lipinski definition) is 3. The van der Waals surface area contributed by atoms with Crippen molar-refractivity contribution in [1.29, 1.82) is 0 Å². The molecule has 1 saturated carbocycles. The van der Waals surface area contributed by atoms with Crippen LogP contribution in [-0.2, 0) is 12.5 Å². The number of likely N-dealkylation sites (tertiary alicyclic amines) is 1. The number of carbonyl (C=O) groups is 1. The van der Waals surface area contributed by atoms with Crippen molar-refractivity contribution in [2.75, 3.05) is 13.1 Å². The Morgan fingerprint density at radius 2 is 1.73 bits per heavy atom. The summed E-state index contributed by atoms with van der Waals surface area (Å²) in [5.74, 6) is 1.75. The van der Waals surface area contributed by atoms with Crippen LogP contribution in [0.2, 0.25) is 5.02 Å². The van der Waals surface area contributed by atoms with E-state index in [-0.39, 0.29) is 11.3 Å². The predicted molar refractivity (Wildman–Crippen MR) is 118 cm³/mol. The SMILES string of the molecule is Cn1c(-c2ccc(C(=O)N3CCCCC3)cc2Cl)nnc1C1(c2ccccc2)CC1. The number of nitrogens with zero attached hydrogens (tertiary/aromatic N) is 4. The maximum absolute atomic E-state index is 12.8. The average molecular weight is 421 g/mol. The summed E-state index contributed by atoms with van der Waals surface area (Å²) in [7, 11) is 2.00. The fourth-order valence-electron chi connectivity index (χ4n) is 4.61. The summed E-state index contributed by atoms with van der Waals surface area (Å²) in [5, 5.41) is 9.56. The van der Waals surface area contributed by atoms with Crippen molar-refractivity contribution in [1.82, 2.24) is 19.7 Å². The summed E-state index contributed by atoms with van der Waals surface area (Å²) in [6.07, 6.45) is 5.48. The van der Waals surface area contributed by atoms with E-state index in [2.05, 4.69) is 34.5 Å². The molecule has 2 fully saturated rings. The van der Waals surface area contributed by atoms with Crippen LogP contribution in [0.3, 0.4) is 0 Å². The molecule has 2 aliphatic rings. The molecule has 1 saturated heterocycles. The second kappa shape index (κ2) is 7.55. The van der Waals surface area contributed by atoms with E-state index in [4.69, 9.17) is 11.6 Å². The largest absolute Gasteiger partial charge is 0.339 e. The molecule has 5 nitrogen and oxygen atoms in total. The lowest BCUT2D eigenvalue weighted by Gasteiger charge is -2.26.